The number of hydrogen-bond donors (Lipinski definition) is 1. The van der Waals surface area contributed by atoms with Gasteiger partial charge in [0, 0.05) is 43.5 Å². The van der Waals surface area contributed by atoms with E-state index in [0.717, 1.165) is 50.1 Å². The molecule has 34 heavy (non-hydrogen) atoms. The highest BCUT2D eigenvalue weighted by Crippen LogP contribution is 2.35. The first kappa shape index (κ1) is 22.1. The number of H-pyrrole nitrogens is 1. The Balaban J connectivity index is 1.58. The van der Waals surface area contributed by atoms with Crippen molar-refractivity contribution in [3.63, 3.8) is 0 Å². The Morgan fingerprint density at radius 1 is 1.00 bits per heavy atom. The van der Waals surface area contributed by atoms with E-state index >= 15 is 0 Å². The molecule has 0 bridgehead atoms. The molecule has 0 saturated carbocycles. The number of alkyl halides is 3. The molecule has 4 aromatic rings. The predicted octanol–water partition coefficient (Wildman–Crippen LogP) is 3.69. The lowest BCUT2D eigenvalue weighted by Gasteiger charge is -2.34. The zero-order valence-corrected chi connectivity index (χ0v) is 18.1. The highest BCUT2D eigenvalue weighted by atomic mass is 19.4. The minimum Gasteiger partial charge on any atom is -0.369 e. The zero-order valence-electron chi connectivity index (χ0n) is 18.1. The van der Waals surface area contributed by atoms with Gasteiger partial charge < -0.3 is 9.80 Å². The van der Waals surface area contributed by atoms with Crippen LogP contribution in [0, 0.1) is 5.82 Å². The number of benzene rings is 2. The molecule has 0 amide bonds. The van der Waals surface area contributed by atoms with Crippen LogP contribution in [0.1, 0.15) is 5.56 Å². The molecule has 1 fully saturated rings. The molecule has 1 N–H and O–H groups in total. The Morgan fingerprint density at radius 2 is 1.71 bits per heavy atom. The Hall–Kier alpha value is -3.73. The van der Waals surface area contributed by atoms with Gasteiger partial charge in [0.1, 0.15) is 22.7 Å². The van der Waals surface area contributed by atoms with Gasteiger partial charge in [-0.15, -0.1) is 0 Å². The molecule has 2 aromatic heterocycles. The van der Waals surface area contributed by atoms with E-state index in [1.807, 2.05) is 24.3 Å². The number of nitrogens with zero attached hydrogens (tertiary/aromatic N) is 5. The summed E-state index contributed by atoms with van der Waals surface area (Å²) in [6, 6.07) is 11.1. The fraction of sp³-hybridized carbons (Fsp3) is 0.261. The van der Waals surface area contributed by atoms with Crippen molar-refractivity contribution in [3.8, 4) is 16.9 Å². The lowest BCUT2D eigenvalue weighted by Crippen LogP contribution is -2.44. The number of likely N-dealkylation sites (N-methyl/N-ethyl adjacent to an activating group) is 1. The second-order valence-corrected chi connectivity index (χ2v) is 8.20. The number of fused-ring (bicyclic) bond motifs is 1. The Bertz CT molecular complexity index is 1400. The summed E-state index contributed by atoms with van der Waals surface area (Å²) in [5.74, 6) is -1.20. The Morgan fingerprint density at radius 3 is 2.38 bits per heavy atom. The fourth-order valence-corrected chi connectivity index (χ4v) is 4.10. The minimum atomic E-state index is -4.87. The maximum Gasteiger partial charge on any atom is 0.418 e. The van der Waals surface area contributed by atoms with Crippen molar-refractivity contribution in [3.05, 3.63) is 70.3 Å². The van der Waals surface area contributed by atoms with E-state index in [1.165, 1.54) is 0 Å². The van der Waals surface area contributed by atoms with E-state index in [9.17, 15) is 22.4 Å². The number of rotatable bonds is 3. The van der Waals surface area contributed by atoms with Gasteiger partial charge in [0.05, 0.1) is 11.1 Å². The Kier molecular flexibility index (Phi) is 5.35. The molecule has 0 radical (unpaired) electrons. The van der Waals surface area contributed by atoms with Crippen LogP contribution in [0.25, 0.3) is 28.0 Å². The highest BCUT2D eigenvalue weighted by molar-refractivity contribution is 5.89. The van der Waals surface area contributed by atoms with Crippen LogP contribution in [-0.4, -0.2) is 58.1 Å². The molecule has 3 heterocycles. The van der Waals surface area contributed by atoms with Crippen molar-refractivity contribution >= 4 is 16.7 Å². The Labute approximate surface area is 191 Å². The van der Waals surface area contributed by atoms with Crippen LogP contribution < -0.4 is 10.5 Å². The van der Waals surface area contributed by atoms with E-state index in [4.69, 9.17) is 0 Å². The molecule has 1 saturated heterocycles. The number of piperazine rings is 1. The van der Waals surface area contributed by atoms with Crippen LogP contribution in [0.3, 0.4) is 0 Å². The largest absolute Gasteiger partial charge is 0.418 e. The average Bonchev–Trinajstić information content (AvgIpc) is 3.21. The number of para-hydroxylation sites is 1. The molecule has 0 spiro atoms. The molecule has 1 aliphatic heterocycles. The summed E-state index contributed by atoms with van der Waals surface area (Å²) in [6.07, 6.45) is -4.87. The van der Waals surface area contributed by atoms with Crippen molar-refractivity contribution in [1.82, 2.24) is 24.9 Å². The van der Waals surface area contributed by atoms with Crippen molar-refractivity contribution in [2.45, 2.75) is 6.18 Å². The second-order valence-electron chi connectivity index (χ2n) is 8.20. The number of hydrogen-bond acceptors (Lipinski definition) is 5. The van der Waals surface area contributed by atoms with Crippen molar-refractivity contribution in [2.75, 3.05) is 38.1 Å². The zero-order chi connectivity index (χ0) is 24.0. The molecule has 0 atom stereocenters. The molecule has 176 valence electrons. The summed E-state index contributed by atoms with van der Waals surface area (Å²) in [5.41, 5.74) is -0.702. The van der Waals surface area contributed by atoms with Crippen LogP contribution in [0.2, 0.25) is 0 Å². The third kappa shape index (κ3) is 3.92. The van der Waals surface area contributed by atoms with Crippen molar-refractivity contribution in [1.29, 1.82) is 0 Å². The third-order valence-corrected chi connectivity index (χ3v) is 5.96. The van der Waals surface area contributed by atoms with Crippen molar-refractivity contribution < 1.29 is 17.6 Å². The second kappa shape index (κ2) is 8.24. The summed E-state index contributed by atoms with van der Waals surface area (Å²) in [5, 5.41) is 11.0. The first-order valence-corrected chi connectivity index (χ1v) is 10.6. The number of halogens is 4. The average molecular weight is 472 g/mol. The van der Waals surface area contributed by atoms with E-state index in [2.05, 4.69) is 32.1 Å². The van der Waals surface area contributed by atoms with Gasteiger partial charge in [0.2, 0.25) is 0 Å². The SMILES string of the molecule is CN1CCN(c2ccc(-c3n[nH]c4cc(=O)n(-c5c(F)cccc5C(F)(F)F)nc34)cc2)CC1. The number of nitrogens with one attached hydrogen (secondary N) is 1. The molecular weight excluding hydrogens is 452 g/mol. The molecule has 5 rings (SSSR count). The van der Waals surface area contributed by atoms with Gasteiger partial charge in [-0.3, -0.25) is 9.89 Å². The van der Waals surface area contributed by atoms with Crippen LogP contribution >= 0.6 is 0 Å². The molecule has 0 unspecified atom stereocenters. The monoisotopic (exact) mass is 472 g/mol. The molecule has 11 heteroatoms. The minimum absolute atomic E-state index is 0.156. The lowest BCUT2D eigenvalue weighted by atomic mass is 10.1. The smallest absolute Gasteiger partial charge is 0.369 e. The number of anilines is 1. The van der Waals surface area contributed by atoms with Crippen LogP contribution in [-0.2, 0) is 6.18 Å². The van der Waals surface area contributed by atoms with Crippen LogP contribution in [0.15, 0.2) is 53.3 Å². The third-order valence-electron chi connectivity index (χ3n) is 5.96. The normalized spacial score (nSPS) is 15.3. The van der Waals surface area contributed by atoms with Gasteiger partial charge in [-0.25, -0.2) is 4.39 Å². The summed E-state index contributed by atoms with van der Waals surface area (Å²) >= 11 is 0. The topological polar surface area (TPSA) is 70.0 Å². The molecule has 1 aliphatic rings. The van der Waals surface area contributed by atoms with E-state index in [0.29, 0.717) is 22.0 Å². The van der Waals surface area contributed by atoms with Gasteiger partial charge >= 0.3 is 6.18 Å². The van der Waals surface area contributed by atoms with Gasteiger partial charge in [-0.1, -0.05) is 18.2 Å². The van der Waals surface area contributed by atoms with Gasteiger partial charge in [0.25, 0.3) is 5.56 Å². The summed E-state index contributed by atoms with van der Waals surface area (Å²) < 4.78 is 55.5. The van der Waals surface area contributed by atoms with Gasteiger partial charge in [-0.2, -0.15) is 28.1 Å². The van der Waals surface area contributed by atoms with Gasteiger partial charge in [-0.05, 0) is 31.3 Å². The summed E-state index contributed by atoms with van der Waals surface area (Å²) in [4.78, 5) is 17.1. The van der Waals surface area contributed by atoms with Crippen LogP contribution in [0.5, 0.6) is 0 Å². The maximum absolute atomic E-state index is 14.5. The van der Waals surface area contributed by atoms with Gasteiger partial charge in [0.15, 0.2) is 0 Å². The van der Waals surface area contributed by atoms with Crippen molar-refractivity contribution in [2.24, 2.45) is 0 Å². The fourth-order valence-electron chi connectivity index (χ4n) is 4.10. The quantitative estimate of drug-likeness (QED) is 0.461. The van der Waals surface area contributed by atoms with E-state index < -0.39 is 28.8 Å². The maximum atomic E-state index is 14.5. The standard InChI is InChI=1S/C23H20F4N6O/c1-31-9-11-32(12-10-31)15-7-5-14(6-8-15)20-21-18(28-29-20)13-19(34)33(30-21)22-16(23(25,26)27)3-2-4-17(22)24/h2-8,13,28H,9-12H2,1H3. The molecular formula is C23H20F4N6O. The van der Waals surface area contributed by atoms with E-state index in [-0.39, 0.29) is 11.0 Å². The van der Waals surface area contributed by atoms with Crippen LogP contribution in [0.4, 0.5) is 23.2 Å². The number of aromatic nitrogens is 4. The predicted molar refractivity (Wildman–Crippen MR) is 120 cm³/mol. The molecule has 0 aliphatic carbocycles. The lowest BCUT2D eigenvalue weighted by molar-refractivity contribution is -0.137. The summed E-state index contributed by atoms with van der Waals surface area (Å²) in [6.45, 7) is 3.73. The molecule has 2 aromatic carbocycles. The first-order chi connectivity index (χ1) is 16.2. The number of aromatic amines is 1. The van der Waals surface area contributed by atoms with E-state index in [1.54, 1.807) is 0 Å². The highest BCUT2D eigenvalue weighted by Gasteiger charge is 2.36. The first-order valence-electron chi connectivity index (χ1n) is 10.6. The molecule has 7 nitrogen and oxygen atoms in total. The summed E-state index contributed by atoms with van der Waals surface area (Å²) in [7, 11) is 2.08.